The SMILES string of the molecule is CCCCN(CCOC)C(=O)c1coc(CN)c1. The van der Waals surface area contributed by atoms with Crippen molar-refractivity contribution < 1.29 is 13.9 Å². The molecule has 0 saturated heterocycles. The van der Waals surface area contributed by atoms with Gasteiger partial charge in [0, 0.05) is 20.2 Å². The first-order chi connectivity index (χ1) is 8.72. The van der Waals surface area contributed by atoms with E-state index in [1.807, 2.05) is 0 Å². The number of ether oxygens (including phenoxy) is 1. The van der Waals surface area contributed by atoms with Gasteiger partial charge in [0.2, 0.25) is 0 Å². The van der Waals surface area contributed by atoms with Gasteiger partial charge in [-0.25, -0.2) is 0 Å². The molecule has 0 atom stereocenters. The van der Waals surface area contributed by atoms with Crippen molar-refractivity contribution in [1.82, 2.24) is 4.90 Å². The highest BCUT2D eigenvalue weighted by atomic mass is 16.5. The van der Waals surface area contributed by atoms with Crippen molar-refractivity contribution in [2.24, 2.45) is 5.73 Å². The molecule has 5 nitrogen and oxygen atoms in total. The van der Waals surface area contributed by atoms with Gasteiger partial charge in [-0.15, -0.1) is 0 Å². The van der Waals surface area contributed by atoms with E-state index in [1.54, 1.807) is 18.1 Å². The van der Waals surface area contributed by atoms with Crippen molar-refractivity contribution in [1.29, 1.82) is 0 Å². The molecule has 0 fully saturated rings. The molecular weight excluding hydrogens is 232 g/mol. The normalized spacial score (nSPS) is 10.6. The highest BCUT2D eigenvalue weighted by molar-refractivity contribution is 5.94. The number of carbonyl (C=O) groups excluding carboxylic acids is 1. The minimum absolute atomic E-state index is 0.0241. The number of nitrogens with zero attached hydrogens (tertiary/aromatic N) is 1. The maximum Gasteiger partial charge on any atom is 0.257 e. The summed E-state index contributed by atoms with van der Waals surface area (Å²) in [6.07, 6.45) is 3.50. The smallest absolute Gasteiger partial charge is 0.257 e. The molecule has 0 spiro atoms. The second-order valence-electron chi connectivity index (χ2n) is 4.14. The molecule has 1 aromatic rings. The molecule has 1 amide bonds. The summed E-state index contributed by atoms with van der Waals surface area (Å²) >= 11 is 0. The van der Waals surface area contributed by atoms with Crippen LogP contribution in [-0.2, 0) is 11.3 Å². The molecule has 2 N–H and O–H groups in total. The topological polar surface area (TPSA) is 68.7 Å². The van der Waals surface area contributed by atoms with Gasteiger partial charge >= 0.3 is 0 Å². The molecular formula is C13H22N2O3. The number of nitrogens with two attached hydrogens (primary N) is 1. The summed E-state index contributed by atoms with van der Waals surface area (Å²) in [6.45, 7) is 4.28. The van der Waals surface area contributed by atoms with E-state index >= 15 is 0 Å². The number of carbonyl (C=O) groups is 1. The Morgan fingerprint density at radius 2 is 2.28 bits per heavy atom. The van der Waals surface area contributed by atoms with Crippen LogP contribution >= 0.6 is 0 Å². The summed E-state index contributed by atoms with van der Waals surface area (Å²) in [5, 5.41) is 0. The van der Waals surface area contributed by atoms with Crippen molar-refractivity contribution in [3.8, 4) is 0 Å². The average molecular weight is 254 g/mol. The van der Waals surface area contributed by atoms with E-state index in [0.29, 0.717) is 31.0 Å². The van der Waals surface area contributed by atoms with Crippen LogP contribution in [0.25, 0.3) is 0 Å². The lowest BCUT2D eigenvalue weighted by molar-refractivity contribution is 0.0692. The molecule has 0 aliphatic carbocycles. The first kappa shape index (κ1) is 14.7. The van der Waals surface area contributed by atoms with Crippen LogP contribution in [0.5, 0.6) is 0 Å². The Bertz CT molecular complexity index is 355. The first-order valence-electron chi connectivity index (χ1n) is 6.28. The van der Waals surface area contributed by atoms with E-state index in [2.05, 4.69) is 6.92 Å². The molecule has 1 rings (SSSR count). The predicted octanol–water partition coefficient (Wildman–Crippen LogP) is 1.63. The van der Waals surface area contributed by atoms with E-state index in [4.69, 9.17) is 14.9 Å². The number of methoxy groups -OCH3 is 1. The Morgan fingerprint density at radius 3 is 2.83 bits per heavy atom. The zero-order valence-electron chi connectivity index (χ0n) is 11.1. The lowest BCUT2D eigenvalue weighted by atomic mass is 10.2. The van der Waals surface area contributed by atoms with Crippen LogP contribution in [0.1, 0.15) is 35.9 Å². The quantitative estimate of drug-likeness (QED) is 0.765. The van der Waals surface area contributed by atoms with Crippen LogP contribution in [0, 0.1) is 0 Å². The summed E-state index contributed by atoms with van der Waals surface area (Å²) in [5.74, 6) is 0.601. The second kappa shape index (κ2) is 7.89. The summed E-state index contributed by atoms with van der Waals surface area (Å²) in [7, 11) is 1.63. The van der Waals surface area contributed by atoms with Gasteiger partial charge in [-0.05, 0) is 12.5 Å². The molecule has 1 aromatic heterocycles. The molecule has 0 unspecified atom stereocenters. The fourth-order valence-corrected chi connectivity index (χ4v) is 1.65. The number of unbranched alkanes of at least 4 members (excludes halogenated alkanes) is 1. The molecule has 0 saturated carbocycles. The maximum atomic E-state index is 12.3. The fraction of sp³-hybridized carbons (Fsp3) is 0.615. The van der Waals surface area contributed by atoms with Crippen molar-refractivity contribution in [2.45, 2.75) is 26.3 Å². The number of furan rings is 1. The molecule has 0 bridgehead atoms. The minimum Gasteiger partial charge on any atom is -0.467 e. The Labute approximate surface area is 108 Å². The molecule has 18 heavy (non-hydrogen) atoms. The number of rotatable bonds is 8. The third-order valence-corrected chi connectivity index (χ3v) is 2.74. The van der Waals surface area contributed by atoms with E-state index in [1.165, 1.54) is 6.26 Å². The van der Waals surface area contributed by atoms with E-state index in [-0.39, 0.29) is 5.91 Å². The maximum absolute atomic E-state index is 12.3. The molecule has 0 aromatic carbocycles. The summed E-state index contributed by atoms with van der Waals surface area (Å²) in [4.78, 5) is 14.0. The molecule has 102 valence electrons. The molecule has 0 radical (unpaired) electrons. The third kappa shape index (κ3) is 4.16. The lowest BCUT2D eigenvalue weighted by Gasteiger charge is -2.21. The summed E-state index contributed by atoms with van der Waals surface area (Å²) in [6, 6.07) is 1.70. The minimum atomic E-state index is -0.0241. The van der Waals surface area contributed by atoms with Crippen LogP contribution in [-0.4, -0.2) is 37.6 Å². The van der Waals surface area contributed by atoms with Crippen LogP contribution in [0.15, 0.2) is 16.7 Å². The lowest BCUT2D eigenvalue weighted by Crippen LogP contribution is -2.34. The molecule has 5 heteroatoms. The highest BCUT2D eigenvalue weighted by Crippen LogP contribution is 2.11. The largest absolute Gasteiger partial charge is 0.467 e. The van der Waals surface area contributed by atoms with Gasteiger partial charge in [0.15, 0.2) is 0 Å². The van der Waals surface area contributed by atoms with Crippen LogP contribution in [0.3, 0.4) is 0 Å². The third-order valence-electron chi connectivity index (χ3n) is 2.74. The monoisotopic (exact) mass is 254 g/mol. The summed E-state index contributed by atoms with van der Waals surface area (Å²) < 4.78 is 10.2. The summed E-state index contributed by atoms with van der Waals surface area (Å²) in [5.41, 5.74) is 6.02. The predicted molar refractivity (Wildman–Crippen MR) is 69.3 cm³/mol. The second-order valence-corrected chi connectivity index (χ2v) is 4.14. The van der Waals surface area contributed by atoms with Gasteiger partial charge in [0.25, 0.3) is 5.91 Å². The van der Waals surface area contributed by atoms with Crippen LogP contribution in [0.2, 0.25) is 0 Å². The van der Waals surface area contributed by atoms with Crippen molar-refractivity contribution in [3.63, 3.8) is 0 Å². The Kier molecular flexibility index (Phi) is 6.46. The average Bonchev–Trinajstić information content (AvgIpc) is 2.87. The van der Waals surface area contributed by atoms with Gasteiger partial charge in [0.05, 0.1) is 18.7 Å². The molecule has 1 heterocycles. The first-order valence-corrected chi connectivity index (χ1v) is 6.28. The fourth-order valence-electron chi connectivity index (χ4n) is 1.65. The van der Waals surface area contributed by atoms with Gasteiger partial charge < -0.3 is 19.8 Å². The highest BCUT2D eigenvalue weighted by Gasteiger charge is 2.17. The Hall–Kier alpha value is -1.33. The van der Waals surface area contributed by atoms with Gasteiger partial charge in [-0.2, -0.15) is 0 Å². The zero-order chi connectivity index (χ0) is 13.4. The zero-order valence-corrected chi connectivity index (χ0v) is 11.1. The van der Waals surface area contributed by atoms with Crippen molar-refractivity contribution >= 4 is 5.91 Å². The van der Waals surface area contributed by atoms with Crippen LogP contribution < -0.4 is 5.73 Å². The number of hydrogen-bond donors (Lipinski definition) is 1. The van der Waals surface area contributed by atoms with Gasteiger partial charge in [-0.1, -0.05) is 13.3 Å². The van der Waals surface area contributed by atoms with Crippen molar-refractivity contribution in [3.05, 3.63) is 23.7 Å². The van der Waals surface area contributed by atoms with Crippen LogP contribution in [0.4, 0.5) is 0 Å². The van der Waals surface area contributed by atoms with E-state index < -0.39 is 0 Å². The number of amides is 1. The van der Waals surface area contributed by atoms with Gasteiger partial charge in [0.1, 0.15) is 12.0 Å². The molecule has 0 aliphatic rings. The Balaban J connectivity index is 2.67. The van der Waals surface area contributed by atoms with E-state index in [0.717, 1.165) is 19.4 Å². The van der Waals surface area contributed by atoms with Gasteiger partial charge in [-0.3, -0.25) is 4.79 Å². The van der Waals surface area contributed by atoms with E-state index in [9.17, 15) is 4.79 Å². The van der Waals surface area contributed by atoms with Crippen molar-refractivity contribution in [2.75, 3.05) is 26.8 Å². The standard InChI is InChI=1S/C13H22N2O3/c1-3-4-5-15(6-7-17-2)13(16)11-8-12(9-14)18-10-11/h8,10H,3-7,9,14H2,1-2H3. The number of hydrogen-bond acceptors (Lipinski definition) is 4. The Morgan fingerprint density at radius 1 is 1.50 bits per heavy atom. The molecule has 0 aliphatic heterocycles.